The van der Waals surface area contributed by atoms with Crippen LogP contribution in [0.1, 0.15) is 21.6 Å². The zero-order chi connectivity index (χ0) is 13.1. The van der Waals surface area contributed by atoms with Crippen molar-refractivity contribution in [3.05, 3.63) is 47.3 Å². The number of hydrogen-bond donors (Lipinski definition) is 1. The number of aromatic nitrogens is 2. The molecule has 0 aliphatic heterocycles. The van der Waals surface area contributed by atoms with Gasteiger partial charge in [-0.05, 0) is 30.7 Å². The van der Waals surface area contributed by atoms with E-state index < -0.39 is 5.97 Å². The van der Waals surface area contributed by atoms with E-state index in [0.717, 1.165) is 21.9 Å². The van der Waals surface area contributed by atoms with Gasteiger partial charge in [0.2, 0.25) is 0 Å². The van der Waals surface area contributed by atoms with Crippen molar-refractivity contribution in [2.45, 2.75) is 17.6 Å². The number of aryl methyl sites for hydroxylation is 2. The Morgan fingerprint density at radius 3 is 2.83 bits per heavy atom. The van der Waals surface area contributed by atoms with Gasteiger partial charge in [-0.3, -0.25) is 4.68 Å². The van der Waals surface area contributed by atoms with Crippen LogP contribution in [0.3, 0.4) is 0 Å². The van der Waals surface area contributed by atoms with Gasteiger partial charge in [0.1, 0.15) is 0 Å². The van der Waals surface area contributed by atoms with E-state index in [9.17, 15) is 4.79 Å². The molecule has 0 fully saturated rings. The maximum absolute atomic E-state index is 11.0. The lowest BCUT2D eigenvalue weighted by molar-refractivity contribution is 0.0696. The number of aromatic carboxylic acids is 1. The smallest absolute Gasteiger partial charge is 0.335 e. The highest BCUT2D eigenvalue weighted by Crippen LogP contribution is 2.24. The van der Waals surface area contributed by atoms with E-state index in [2.05, 4.69) is 5.10 Å². The molecule has 1 aromatic heterocycles. The van der Waals surface area contributed by atoms with Crippen LogP contribution in [0.25, 0.3) is 0 Å². The minimum absolute atomic E-state index is 0.362. The molecule has 0 bridgehead atoms. The fourth-order valence-electron chi connectivity index (χ4n) is 1.62. The van der Waals surface area contributed by atoms with Crippen LogP contribution >= 0.6 is 11.8 Å². The largest absolute Gasteiger partial charge is 0.478 e. The summed E-state index contributed by atoms with van der Waals surface area (Å²) >= 11 is 1.59. The minimum atomic E-state index is -0.882. The molecule has 1 N–H and O–H groups in total. The molecule has 0 radical (unpaired) electrons. The monoisotopic (exact) mass is 262 g/mol. The van der Waals surface area contributed by atoms with Crippen molar-refractivity contribution in [1.82, 2.24) is 9.78 Å². The number of carboxylic acid groups (broad SMARTS) is 1. The Kier molecular flexibility index (Phi) is 3.72. The van der Waals surface area contributed by atoms with E-state index in [0.29, 0.717) is 5.56 Å². The second-order valence-corrected chi connectivity index (χ2v) is 5.10. The van der Waals surface area contributed by atoms with Crippen molar-refractivity contribution in [2.24, 2.45) is 7.05 Å². The van der Waals surface area contributed by atoms with E-state index in [1.165, 1.54) is 0 Å². The normalized spacial score (nSPS) is 10.6. The zero-order valence-corrected chi connectivity index (χ0v) is 11.1. The molecule has 94 valence electrons. The molecule has 1 heterocycles. The third-order valence-corrected chi connectivity index (χ3v) is 3.62. The predicted molar refractivity (Wildman–Crippen MR) is 70.9 cm³/mol. The van der Waals surface area contributed by atoms with E-state index in [4.69, 9.17) is 5.11 Å². The standard InChI is InChI=1S/C13H14N2O2S/c1-9-3-4-11(7-12(9)13(16)17)18-8-10-5-6-15(2)14-10/h3-7H,8H2,1-2H3,(H,16,17). The summed E-state index contributed by atoms with van der Waals surface area (Å²) in [4.78, 5) is 12.0. The van der Waals surface area contributed by atoms with Crippen molar-refractivity contribution in [3.8, 4) is 0 Å². The summed E-state index contributed by atoms with van der Waals surface area (Å²) in [5, 5.41) is 13.3. The summed E-state index contributed by atoms with van der Waals surface area (Å²) in [6.07, 6.45) is 1.90. The van der Waals surface area contributed by atoms with Gasteiger partial charge in [0.15, 0.2) is 0 Å². The maximum Gasteiger partial charge on any atom is 0.335 e. The lowest BCUT2D eigenvalue weighted by Crippen LogP contribution is -1.99. The van der Waals surface area contributed by atoms with Gasteiger partial charge >= 0.3 is 5.97 Å². The van der Waals surface area contributed by atoms with Gasteiger partial charge in [0.25, 0.3) is 0 Å². The molecule has 5 heteroatoms. The second kappa shape index (κ2) is 5.27. The lowest BCUT2D eigenvalue weighted by Gasteiger charge is -2.04. The summed E-state index contributed by atoms with van der Waals surface area (Å²) in [7, 11) is 1.88. The number of thioether (sulfide) groups is 1. The van der Waals surface area contributed by atoms with Gasteiger partial charge in [-0.25, -0.2) is 4.79 Å². The quantitative estimate of drug-likeness (QED) is 0.861. The molecular formula is C13H14N2O2S. The van der Waals surface area contributed by atoms with Crippen LogP contribution in [0.2, 0.25) is 0 Å². The summed E-state index contributed by atoms with van der Waals surface area (Å²) in [6.45, 7) is 1.80. The third-order valence-electron chi connectivity index (χ3n) is 2.60. The molecule has 1 aromatic carbocycles. The molecule has 0 unspecified atom stereocenters. The SMILES string of the molecule is Cc1ccc(SCc2ccn(C)n2)cc1C(=O)O. The van der Waals surface area contributed by atoms with Gasteiger partial charge in [-0.15, -0.1) is 11.8 Å². The summed E-state index contributed by atoms with van der Waals surface area (Å²) < 4.78 is 1.76. The molecule has 0 aliphatic rings. The number of benzene rings is 1. The number of carbonyl (C=O) groups is 1. The van der Waals surface area contributed by atoms with Crippen molar-refractivity contribution in [2.75, 3.05) is 0 Å². The first-order chi connectivity index (χ1) is 8.56. The Morgan fingerprint density at radius 2 is 2.22 bits per heavy atom. The highest BCUT2D eigenvalue weighted by Gasteiger charge is 2.08. The van der Waals surface area contributed by atoms with Gasteiger partial charge in [-0.1, -0.05) is 6.07 Å². The fraction of sp³-hybridized carbons (Fsp3) is 0.231. The van der Waals surface area contributed by atoms with Crippen molar-refractivity contribution in [3.63, 3.8) is 0 Å². The zero-order valence-electron chi connectivity index (χ0n) is 10.3. The Labute approximate surface area is 110 Å². The predicted octanol–water partition coefficient (Wildman–Crippen LogP) is 2.72. The van der Waals surface area contributed by atoms with Crippen LogP contribution in [0.4, 0.5) is 0 Å². The van der Waals surface area contributed by atoms with Crippen molar-refractivity contribution < 1.29 is 9.90 Å². The van der Waals surface area contributed by atoms with Gasteiger partial charge in [0.05, 0.1) is 11.3 Å². The van der Waals surface area contributed by atoms with E-state index in [1.807, 2.05) is 31.4 Å². The molecule has 0 saturated carbocycles. The summed E-state index contributed by atoms with van der Waals surface area (Å²) in [5.41, 5.74) is 2.13. The molecule has 4 nitrogen and oxygen atoms in total. The van der Waals surface area contributed by atoms with Gasteiger partial charge < -0.3 is 5.11 Å². The lowest BCUT2D eigenvalue weighted by atomic mass is 10.1. The molecule has 0 atom stereocenters. The first-order valence-corrected chi connectivity index (χ1v) is 6.50. The molecule has 2 aromatic rings. The second-order valence-electron chi connectivity index (χ2n) is 4.05. The fourth-order valence-corrected chi connectivity index (χ4v) is 2.45. The molecular weight excluding hydrogens is 248 g/mol. The number of rotatable bonds is 4. The van der Waals surface area contributed by atoms with Crippen LogP contribution in [-0.4, -0.2) is 20.9 Å². The van der Waals surface area contributed by atoms with E-state index >= 15 is 0 Å². The Balaban J connectivity index is 2.10. The molecule has 0 saturated heterocycles. The van der Waals surface area contributed by atoms with Crippen LogP contribution < -0.4 is 0 Å². The molecule has 2 rings (SSSR count). The third kappa shape index (κ3) is 2.92. The maximum atomic E-state index is 11.0. The number of nitrogens with zero attached hydrogens (tertiary/aromatic N) is 2. The average Bonchev–Trinajstić information content (AvgIpc) is 2.74. The topological polar surface area (TPSA) is 55.1 Å². The Morgan fingerprint density at radius 1 is 1.44 bits per heavy atom. The van der Waals surface area contributed by atoms with E-state index in [-0.39, 0.29) is 0 Å². The first kappa shape index (κ1) is 12.7. The highest BCUT2D eigenvalue weighted by atomic mass is 32.2. The summed E-state index contributed by atoms with van der Waals surface area (Å²) in [6, 6.07) is 7.45. The van der Waals surface area contributed by atoms with Gasteiger partial charge in [-0.2, -0.15) is 5.10 Å². The van der Waals surface area contributed by atoms with Crippen LogP contribution in [0, 0.1) is 6.92 Å². The molecule has 0 amide bonds. The van der Waals surface area contributed by atoms with Crippen LogP contribution in [-0.2, 0) is 12.8 Å². The van der Waals surface area contributed by atoms with Crippen molar-refractivity contribution in [1.29, 1.82) is 0 Å². The van der Waals surface area contributed by atoms with Crippen LogP contribution in [0.15, 0.2) is 35.4 Å². The molecule has 0 spiro atoms. The number of hydrogen-bond acceptors (Lipinski definition) is 3. The first-order valence-electron chi connectivity index (χ1n) is 5.51. The average molecular weight is 262 g/mol. The summed E-state index contributed by atoms with van der Waals surface area (Å²) in [5.74, 6) is -0.143. The minimum Gasteiger partial charge on any atom is -0.478 e. The van der Waals surface area contributed by atoms with Gasteiger partial charge in [0, 0.05) is 23.9 Å². The Bertz CT molecular complexity index is 578. The highest BCUT2D eigenvalue weighted by molar-refractivity contribution is 7.98. The Hall–Kier alpha value is -1.75. The van der Waals surface area contributed by atoms with Crippen LogP contribution in [0.5, 0.6) is 0 Å². The number of carboxylic acids is 1. The molecule has 18 heavy (non-hydrogen) atoms. The van der Waals surface area contributed by atoms with E-state index in [1.54, 1.807) is 29.4 Å². The molecule has 0 aliphatic carbocycles. The van der Waals surface area contributed by atoms with Crippen molar-refractivity contribution >= 4 is 17.7 Å².